The quantitative estimate of drug-likeness (QED) is 0.673. The van der Waals surface area contributed by atoms with Crippen molar-refractivity contribution in [1.29, 1.82) is 0 Å². The first-order valence-corrected chi connectivity index (χ1v) is 10.8. The molecule has 152 valence electrons. The smallest absolute Gasteiger partial charge is 0.234 e. The number of benzene rings is 2. The van der Waals surface area contributed by atoms with Crippen molar-refractivity contribution in [2.24, 2.45) is 0 Å². The topological polar surface area (TPSA) is 90.7 Å². The molecule has 0 amide bonds. The van der Waals surface area contributed by atoms with Crippen LogP contribution in [0.15, 0.2) is 56.8 Å². The molecule has 0 atom stereocenters. The first kappa shape index (κ1) is 19.3. The summed E-state index contributed by atoms with van der Waals surface area (Å²) in [6.07, 6.45) is 0. The molecule has 0 aliphatic carbocycles. The number of aryl methyl sites for hydroxylation is 1. The summed E-state index contributed by atoms with van der Waals surface area (Å²) in [5.74, 6) is 1.30. The zero-order chi connectivity index (χ0) is 20.6. The van der Waals surface area contributed by atoms with E-state index >= 15 is 0 Å². The van der Waals surface area contributed by atoms with Crippen molar-refractivity contribution in [3.05, 3.63) is 48.0 Å². The lowest BCUT2D eigenvalue weighted by Gasteiger charge is -2.18. The highest BCUT2D eigenvalue weighted by atomic mass is 32.2. The molecule has 1 aliphatic rings. The van der Waals surface area contributed by atoms with Crippen LogP contribution in [0.2, 0.25) is 0 Å². The Labute approximate surface area is 169 Å². The average Bonchev–Trinajstić information content (AvgIpc) is 3.11. The van der Waals surface area contributed by atoms with Crippen molar-refractivity contribution in [1.82, 2.24) is 4.98 Å². The molecule has 1 aromatic heterocycles. The molecule has 0 unspecified atom stereocenters. The van der Waals surface area contributed by atoms with Gasteiger partial charge in [0, 0.05) is 17.7 Å². The molecule has 7 nitrogen and oxygen atoms in total. The van der Waals surface area contributed by atoms with Gasteiger partial charge in [-0.2, -0.15) is 4.98 Å². The van der Waals surface area contributed by atoms with Gasteiger partial charge in [-0.05, 0) is 44.5 Å². The SMILES string of the molecule is Cc1ccccc1-c1nc(S(=O)(=O)c2ccc3c(c2)OCCO3)c(NC(C)C)o1. The van der Waals surface area contributed by atoms with Crippen molar-refractivity contribution >= 4 is 15.7 Å². The van der Waals surface area contributed by atoms with Crippen LogP contribution < -0.4 is 14.8 Å². The molecule has 0 radical (unpaired) electrons. The lowest BCUT2D eigenvalue weighted by atomic mass is 10.1. The summed E-state index contributed by atoms with van der Waals surface area (Å²) in [4.78, 5) is 4.43. The fourth-order valence-corrected chi connectivity index (χ4v) is 4.35. The third-order valence-corrected chi connectivity index (χ3v) is 6.13. The molecule has 8 heteroatoms. The standard InChI is InChI=1S/C21H22N2O5S/c1-13(2)22-20-21(23-19(28-20)16-7-5-4-6-14(16)3)29(24,25)15-8-9-17-18(12-15)27-11-10-26-17/h4-9,12-13,22H,10-11H2,1-3H3. The lowest BCUT2D eigenvalue weighted by molar-refractivity contribution is 0.171. The minimum Gasteiger partial charge on any atom is -0.486 e. The molecular formula is C21H22N2O5S. The van der Waals surface area contributed by atoms with E-state index in [1.54, 1.807) is 6.07 Å². The number of nitrogens with zero attached hydrogens (tertiary/aromatic N) is 1. The molecule has 1 N–H and O–H groups in total. The number of sulfone groups is 1. The Bertz CT molecular complexity index is 1150. The Hall–Kier alpha value is -3.00. The monoisotopic (exact) mass is 414 g/mol. The van der Waals surface area contributed by atoms with Gasteiger partial charge in [0.1, 0.15) is 13.2 Å². The maximum atomic E-state index is 13.4. The molecule has 0 fully saturated rings. The predicted molar refractivity (Wildman–Crippen MR) is 108 cm³/mol. The summed E-state index contributed by atoms with van der Waals surface area (Å²) in [6, 6.07) is 12.0. The van der Waals surface area contributed by atoms with Gasteiger partial charge in [-0.1, -0.05) is 18.2 Å². The summed E-state index contributed by atoms with van der Waals surface area (Å²) < 4.78 is 43.7. The Morgan fingerprint density at radius 1 is 1.03 bits per heavy atom. The van der Waals surface area contributed by atoms with Gasteiger partial charge in [-0.3, -0.25) is 0 Å². The van der Waals surface area contributed by atoms with E-state index < -0.39 is 9.84 Å². The van der Waals surface area contributed by atoms with Gasteiger partial charge in [-0.15, -0.1) is 0 Å². The van der Waals surface area contributed by atoms with Crippen molar-refractivity contribution in [3.63, 3.8) is 0 Å². The Morgan fingerprint density at radius 2 is 1.76 bits per heavy atom. The molecule has 3 aromatic rings. The zero-order valence-electron chi connectivity index (χ0n) is 16.4. The second-order valence-electron chi connectivity index (χ2n) is 7.08. The van der Waals surface area contributed by atoms with Crippen LogP contribution in [-0.2, 0) is 9.84 Å². The number of ether oxygens (including phenoxy) is 2. The van der Waals surface area contributed by atoms with Gasteiger partial charge in [0.05, 0.1) is 4.90 Å². The molecule has 1 aliphatic heterocycles. The normalized spacial score (nSPS) is 13.5. The van der Waals surface area contributed by atoms with Gasteiger partial charge in [0.15, 0.2) is 11.5 Å². The number of fused-ring (bicyclic) bond motifs is 1. The molecular weight excluding hydrogens is 392 g/mol. The summed E-state index contributed by atoms with van der Waals surface area (Å²) in [5, 5.41) is 2.91. The van der Waals surface area contributed by atoms with E-state index in [1.807, 2.05) is 45.0 Å². The minimum absolute atomic E-state index is 0.0399. The van der Waals surface area contributed by atoms with E-state index in [9.17, 15) is 8.42 Å². The summed E-state index contributed by atoms with van der Waals surface area (Å²) in [5.41, 5.74) is 1.68. The number of rotatable bonds is 5. The third-order valence-electron chi connectivity index (χ3n) is 4.47. The van der Waals surface area contributed by atoms with Crippen LogP contribution in [0.5, 0.6) is 11.5 Å². The largest absolute Gasteiger partial charge is 0.486 e. The van der Waals surface area contributed by atoms with E-state index in [1.165, 1.54) is 12.1 Å². The number of hydrogen-bond acceptors (Lipinski definition) is 7. The molecule has 2 heterocycles. The zero-order valence-corrected chi connectivity index (χ0v) is 17.2. The van der Waals surface area contributed by atoms with Crippen LogP contribution in [0.25, 0.3) is 11.5 Å². The van der Waals surface area contributed by atoms with Crippen LogP contribution in [0.3, 0.4) is 0 Å². The Morgan fingerprint density at radius 3 is 2.48 bits per heavy atom. The number of oxazole rings is 1. The van der Waals surface area contributed by atoms with E-state index in [2.05, 4.69) is 10.3 Å². The van der Waals surface area contributed by atoms with Crippen molar-refractivity contribution in [2.45, 2.75) is 36.7 Å². The van der Waals surface area contributed by atoms with Crippen molar-refractivity contribution in [2.75, 3.05) is 18.5 Å². The first-order valence-electron chi connectivity index (χ1n) is 9.34. The highest BCUT2D eigenvalue weighted by Gasteiger charge is 2.30. The van der Waals surface area contributed by atoms with Crippen LogP contribution >= 0.6 is 0 Å². The highest BCUT2D eigenvalue weighted by Crippen LogP contribution is 2.37. The molecule has 0 spiro atoms. The van der Waals surface area contributed by atoms with Crippen molar-refractivity contribution < 1.29 is 22.3 Å². The van der Waals surface area contributed by atoms with E-state index in [0.29, 0.717) is 24.7 Å². The second kappa shape index (κ2) is 7.44. The molecule has 29 heavy (non-hydrogen) atoms. The fraction of sp³-hybridized carbons (Fsp3) is 0.286. The molecule has 4 rings (SSSR count). The summed E-state index contributed by atoms with van der Waals surface area (Å²) in [7, 11) is -3.95. The third kappa shape index (κ3) is 3.67. The first-order chi connectivity index (χ1) is 13.9. The van der Waals surface area contributed by atoms with E-state index in [4.69, 9.17) is 13.9 Å². The molecule has 0 bridgehead atoms. The van der Waals surface area contributed by atoms with Gasteiger partial charge in [-0.25, -0.2) is 8.42 Å². The van der Waals surface area contributed by atoms with Crippen LogP contribution in [-0.4, -0.2) is 32.7 Å². The maximum Gasteiger partial charge on any atom is 0.234 e. The van der Waals surface area contributed by atoms with Gasteiger partial charge in [0.25, 0.3) is 0 Å². The number of nitrogens with one attached hydrogen (secondary N) is 1. The van der Waals surface area contributed by atoms with Gasteiger partial charge >= 0.3 is 0 Å². The van der Waals surface area contributed by atoms with Crippen LogP contribution in [0.1, 0.15) is 19.4 Å². The molecule has 2 aromatic carbocycles. The van der Waals surface area contributed by atoms with Crippen LogP contribution in [0.4, 0.5) is 5.88 Å². The van der Waals surface area contributed by atoms with Gasteiger partial charge in [0.2, 0.25) is 26.6 Å². The van der Waals surface area contributed by atoms with Gasteiger partial charge < -0.3 is 19.2 Å². The van der Waals surface area contributed by atoms with Crippen LogP contribution in [0, 0.1) is 6.92 Å². The number of aromatic nitrogens is 1. The van der Waals surface area contributed by atoms with Crippen molar-refractivity contribution in [3.8, 4) is 23.0 Å². The molecule has 0 saturated carbocycles. The fourth-order valence-electron chi connectivity index (χ4n) is 3.07. The minimum atomic E-state index is -3.95. The number of hydrogen-bond donors (Lipinski definition) is 1. The number of anilines is 1. The molecule has 0 saturated heterocycles. The summed E-state index contributed by atoms with van der Waals surface area (Å²) in [6.45, 7) is 6.53. The lowest BCUT2D eigenvalue weighted by Crippen LogP contribution is -2.16. The van der Waals surface area contributed by atoms with E-state index in [-0.39, 0.29) is 27.7 Å². The summed E-state index contributed by atoms with van der Waals surface area (Å²) >= 11 is 0. The predicted octanol–water partition coefficient (Wildman–Crippen LogP) is 4.07. The Balaban J connectivity index is 1.83. The van der Waals surface area contributed by atoms with E-state index in [0.717, 1.165) is 11.1 Å². The Kier molecular flexibility index (Phi) is 4.96. The average molecular weight is 414 g/mol. The second-order valence-corrected chi connectivity index (χ2v) is 8.94. The highest BCUT2D eigenvalue weighted by molar-refractivity contribution is 7.91. The maximum absolute atomic E-state index is 13.4.